The average molecular weight is 335 g/mol. The van der Waals surface area contributed by atoms with Crippen molar-refractivity contribution in [3.8, 4) is 11.1 Å². The highest BCUT2D eigenvalue weighted by atomic mass is 35.5. The van der Waals surface area contributed by atoms with Crippen LogP contribution in [0.5, 0.6) is 0 Å². The van der Waals surface area contributed by atoms with E-state index in [1.54, 1.807) is 0 Å². The number of aryl methyl sites for hydroxylation is 3. The maximum absolute atomic E-state index is 5.93. The number of halogens is 1. The topological polar surface area (TPSA) is 0 Å². The van der Waals surface area contributed by atoms with Gasteiger partial charge in [0, 0.05) is 5.02 Å². The van der Waals surface area contributed by atoms with E-state index in [0.29, 0.717) is 0 Å². The lowest BCUT2D eigenvalue weighted by atomic mass is 9.99. The van der Waals surface area contributed by atoms with Gasteiger partial charge in [0.25, 0.3) is 0 Å². The largest absolute Gasteiger partial charge is 0.0843 e. The third-order valence-electron chi connectivity index (χ3n) is 4.40. The van der Waals surface area contributed by atoms with Crippen molar-refractivity contribution >= 4 is 11.6 Å². The summed E-state index contributed by atoms with van der Waals surface area (Å²) in [6.45, 7) is 2.22. The van der Waals surface area contributed by atoms with E-state index < -0.39 is 0 Å². The summed E-state index contributed by atoms with van der Waals surface area (Å²) >= 11 is 5.93. The van der Waals surface area contributed by atoms with Crippen LogP contribution < -0.4 is 0 Å². The van der Waals surface area contributed by atoms with Crippen LogP contribution in [0.4, 0.5) is 0 Å². The molecular formula is C23H23Cl. The molecule has 0 N–H and O–H groups in total. The van der Waals surface area contributed by atoms with Gasteiger partial charge in [-0.1, -0.05) is 85.6 Å². The highest BCUT2D eigenvalue weighted by molar-refractivity contribution is 6.30. The highest BCUT2D eigenvalue weighted by Crippen LogP contribution is 2.21. The van der Waals surface area contributed by atoms with Crippen LogP contribution in [0.25, 0.3) is 11.1 Å². The van der Waals surface area contributed by atoms with Crippen LogP contribution in [0.15, 0.2) is 72.8 Å². The Bertz CT molecular complexity index is 753. The Hall–Kier alpha value is -2.05. The molecule has 24 heavy (non-hydrogen) atoms. The van der Waals surface area contributed by atoms with Gasteiger partial charge in [-0.15, -0.1) is 0 Å². The molecule has 0 unspecified atom stereocenters. The Balaban J connectivity index is 1.63. The first kappa shape index (κ1) is 16.8. The summed E-state index contributed by atoms with van der Waals surface area (Å²) in [4.78, 5) is 0. The SMILES string of the molecule is CCCc1ccc(-c2ccc(CCc3ccc(Cl)cc3)cc2)cc1. The van der Waals surface area contributed by atoms with Gasteiger partial charge < -0.3 is 0 Å². The van der Waals surface area contributed by atoms with E-state index >= 15 is 0 Å². The number of benzene rings is 3. The van der Waals surface area contributed by atoms with Gasteiger partial charge in [-0.05, 0) is 59.2 Å². The highest BCUT2D eigenvalue weighted by Gasteiger charge is 2.00. The zero-order valence-electron chi connectivity index (χ0n) is 14.1. The molecule has 3 rings (SSSR count). The summed E-state index contributed by atoms with van der Waals surface area (Å²) in [5.41, 5.74) is 6.69. The van der Waals surface area contributed by atoms with Crippen LogP contribution in [0.3, 0.4) is 0 Å². The molecule has 3 aromatic rings. The minimum atomic E-state index is 0.799. The third-order valence-corrected chi connectivity index (χ3v) is 4.65. The minimum Gasteiger partial charge on any atom is -0.0843 e. The van der Waals surface area contributed by atoms with Gasteiger partial charge in [0.15, 0.2) is 0 Å². The lowest BCUT2D eigenvalue weighted by Crippen LogP contribution is -1.91. The molecular weight excluding hydrogens is 312 g/mol. The van der Waals surface area contributed by atoms with Crippen molar-refractivity contribution in [1.82, 2.24) is 0 Å². The molecule has 0 aliphatic carbocycles. The van der Waals surface area contributed by atoms with E-state index in [0.717, 1.165) is 24.3 Å². The van der Waals surface area contributed by atoms with E-state index in [1.165, 1.54) is 34.2 Å². The molecule has 1 heteroatoms. The molecule has 0 fully saturated rings. The van der Waals surface area contributed by atoms with Crippen LogP contribution in [-0.4, -0.2) is 0 Å². The van der Waals surface area contributed by atoms with Crippen molar-refractivity contribution in [3.63, 3.8) is 0 Å². The van der Waals surface area contributed by atoms with Crippen LogP contribution in [0.2, 0.25) is 5.02 Å². The first-order chi connectivity index (χ1) is 11.7. The van der Waals surface area contributed by atoms with E-state index in [9.17, 15) is 0 Å². The molecule has 0 aromatic heterocycles. The molecule has 3 aromatic carbocycles. The molecule has 0 aliphatic rings. The van der Waals surface area contributed by atoms with Gasteiger partial charge in [0.2, 0.25) is 0 Å². The maximum Gasteiger partial charge on any atom is 0.0406 e. The average Bonchev–Trinajstić information content (AvgIpc) is 2.63. The number of hydrogen-bond donors (Lipinski definition) is 0. The Labute approximate surface area is 150 Å². The fourth-order valence-electron chi connectivity index (χ4n) is 2.96. The summed E-state index contributed by atoms with van der Waals surface area (Å²) in [6.07, 6.45) is 4.45. The van der Waals surface area contributed by atoms with Crippen LogP contribution in [0, 0.1) is 0 Å². The Morgan fingerprint density at radius 3 is 1.33 bits per heavy atom. The second kappa shape index (κ2) is 8.17. The molecule has 0 saturated heterocycles. The smallest absolute Gasteiger partial charge is 0.0406 e. The lowest BCUT2D eigenvalue weighted by molar-refractivity contribution is 0.922. The van der Waals surface area contributed by atoms with Gasteiger partial charge >= 0.3 is 0 Å². The normalized spacial score (nSPS) is 10.8. The molecule has 0 radical (unpaired) electrons. The predicted molar refractivity (Wildman–Crippen MR) is 105 cm³/mol. The fraction of sp³-hybridized carbons (Fsp3) is 0.217. The molecule has 0 amide bonds. The summed E-state index contributed by atoms with van der Waals surface area (Å²) in [5.74, 6) is 0. The molecule has 0 nitrogen and oxygen atoms in total. The molecule has 122 valence electrons. The molecule has 0 saturated carbocycles. The monoisotopic (exact) mass is 334 g/mol. The predicted octanol–water partition coefficient (Wildman–Crippen LogP) is 6.74. The molecule has 0 spiro atoms. The Kier molecular flexibility index (Phi) is 5.72. The van der Waals surface area contributed by atoms with Crippen molar-refractivity contribution in [1.29, 1.82) is 0 Å². The first-order valence-electron chi connectivity index (χ1n) is 8.67. The fourth-order valence-corrected chi connectivity index (χ4v) is 3.08. The van der Waals surface area contributed by atoms with Gasteiger partial charge in [0.05, 0.1) is 0 Å². The van der Waals surface area contributed by atoms with Gasteiger partial charge in [-0.3, -0.25) is 0 Å². The zero-order chi connectivity index (χ0) is 16.8. The van der Waals surface area contributed by atoms with Crippen LogP contribution in [0.1, 0.15) is 30.0 Å². The maximum atomic E-state index is 5.93. The summed E-state index contributed by atoms with van der Waals surface area (Å²) in [5, 5.41) is 0.799. The quantitative estimate of drug-likeness (QED) is 0.468. The van der Waals surface area contributed by atoms with Gasteiger partial charge in [0.1, 0.15) is 0 Å². The van der Waals surface area contributed by atoms with E-state index in [1.807, 2.05) is 12.1 Å². The summed E-state index contributed by atoms with van der Waals surface area (Å²) < 4.78 is 0. The van der Waals surface area contributed by atoms with E-state index in [4.69, 9.17) is 11.6 Å². The second-order valence-electron chi connectivity index (χ2n) is 6.27. The van der Waals surface area contributed by atoms with E-state index in [2.05, 4.69) is 67.6 Å². The van der Waals surface area contributed by atoms with Crippen LogP contribution >= 0.6 is 11.6 Å². The summed E-state index contributed by atoms with van der Waals surface area (Å²) in [6, 6.07) is 26.0. The van der Waals surface area contributed by atoms with Crippen molar-refractivity contribution in [3.05, 3.63) is 94.5 Å². The Morgan fingerprint density at radius 1 is 0.542 bits per heavy atom. The van der Waals surface area contributed by atoms with Crippen molar-refractivity contribution in [2.45, 2.75) is 32.6 Å². The lowest BCUT2D eigenvalue weighted by Gasteiger charge is -2.06. The Morgan fingerprint density at radius 2 is 0.917 bits per heavy atom. The minimum absolute atomic E-state index is 0.799. The standard InChI is InChI=1S/C23H23Cl/c1-2-3-18-6-12-21(13-7-18)22-14-8-19(9-15-22)4-5-20-10-16-23(24)17-11-20/h6-17H,2-5H2,1H3. The van der Waals surface area contributed by atoms with Gasteiger partial charge in [-0.25, -0.2) is 0 Å². The van der Waals surface area contributed by atoms with Crippen molar-refractivity contribution < 1.29 is 0 Å². The van der Waals surface area contributed by atoms with Crippen molar-refractivity contribution in [2.75, 3.05) is 0 Å². The van der Waals surface area contributed by atoms with Crippen molar-refractivity contribution in [2.24, 2.45) is 0 Å². The van der Waals surface area contributed by atoms with E-state index in [-0.39, 0.29) is 0 Å². The molecule has 0 atom stereocenters. The number of rotatable bonds is 6. The van der Waals surface area contributed by atoms with Gasteiger partial charge in [-0.2, -0.15) is 0 Å². The molecule has 0 heterocycles. The first-order valence-corrected chi connectivity index (χ1v) is 9.05. The summed E-state index contributed by atoms with van der Waals surface area (Å²) in [7, 11) is 0. The second-order valence-corrected chi connectivity index (χ2v) is 6.71. The number of hydrogen-bond acceptors (Lipinski definition) is 0. The molecule has 0 aliphatic heterocycles. The van der Waals surface area contributed by atoms with Crippen LogP contribution in [-0.2, 0) is 19.3 Å². The third kappa shape index (κ3) is 4.49. The molecule has 0 bridgehead atoms. The zero-order valence-corrected chi connectivity index (χ0v) is 14.9.